The minimum absolute atomic E-state index is 0.268. The Morgan fingerprint density at radius 3 is 2.70 bits per heavy atom. The lowest BCUT2D eigenvalue weighted by Crippen LogP contribution is -2.31. The number of nitrogens with one attached hydrogen (secondary N) is 2. The van der Waals surface area contributed by atoms with E-state index in [0.717, 1.165) is 55.4 Å². The molecule has 112 valence electrons. The van der Waals surface area contributed by atoms with Gasteiger partial charge in [-0.05, 0) is 40.0 Å². The standard InChI is InChI=1S/C15H26N4O/c1-5-8-16-14-10(2)15(19-12(4)18-14)17-11(3)13-7-6-9-20-13/h11,13H,5-9H2,1-4H3,(H2,16,17,18,19). The molecule has 2 rings (SSSR count). The second kappa shape index (κ2) is 6.88. The average molecular weight is 278 g/mol. The molecule has 20 heavy (non-hydrogen) atoms. The number of anilines is 2. The van der Waals surface area contributed by atoms with Crippen LogP contribution in [0.1, 0.15) is 44.5 Å². The van der Waals surface area contributed by atoms with Crippen LogP contribution in [-0.2, 0) is 4.74 Å². The zero-order valence-corrected chi connectivity index (χ0v) is 13.0. The van der Waals surface area contributed by atoms with Crippen LogP contribution in [0.3, 0.4) is 0 Å². The van der Waals surface area contributed by atoms with Gasteiger partial charge in [-0.1, -0.05) is 6.92 Å². The second-order valence-electron chi connectivity index (χ2n) is 5.50. The molecule has 2 heterocycles. The Morgan fingerprint density at radius 1 is 1.30 bits per heavy atom. The van der Waals surface area contributed by atoms with E-state index in [-0.39, 0.29) is 12.1 Å². The van der Waals surface area contributed by atoms with E-state index >= 15 is 0 Å². The first-order chi connectivity index (χ1) is 9.61. The molecule has 0 bridgehead atoms. The fourth-order valence-electron chi connectivity index (χ4n) is 2.49. The van der Waals surface area contributed by atoms with Crippen LogP contribution >= 0.6 is 0 Å². The van der Waals surface area contributed by atoms with Gasteiger partial charge < -0.3 is 15.4 Å². The van der Waals surface area contributed by atoms with Crippen molar-refractivity contribution in [3.63, 3.8) is 0 Å². The Labute approximate surface area is 121 Å². The van der Waals surface area contributed by atoms with Gasteiger partial charge in [0.15, 0.2) is 0 Å². The van der Waals surface area contributed by atoms with Crippen molar-refractivity contribution in [1.29, 1.82) is 0 Å². The fraction of sp³-hybridized carbons (Fsp3) is 0.733. The highest BCUT2D eigenvalue weighted by Gasteiger charge is 2.23. The summed E-state index contributed by atoms with van der Waals surface area (Å²) in [4.78, 5) is 9.02. The van der Waals surface area contributed by atoms with Gasteiger partial charge >= 0.3 is 0 Å². The summed E-state index contributed by atoms with van der Waals surface area (Å²) in [5.41, 5.74) is 1.08. The minimum atomic E-state index is 0.268. The highest BCUT2D eigenvalue weighted by atomic mass is 16.5. The smallest absolute Gasteiger partial charge is 0.135 e. The zero-order chi connectivity index (χ0) is 14.5. The summed E-state index contributed by atoms with van der Waals surface area (Å²) >= 11 is 0. The molecule has 0 amide bonds. The number of ether oxygens (including phenoxy) is 1. The molecule has 1 fully saturated rings. The van der Waals surface area contributed by atoms with Crippen LogP contribution in [0.15, 0.2) is 0 Å². The molecule has 2 N–H and O–H groups in total. The molecule has 1 aromatic rings. The first-order valence-corrected chi connectivity index (χ1v) is 7.59. The predicted octanol–water partition coefficient (Wildman–Crippen LogP) is 2.89. The van der Waals surface area contributed by atoms with Gasteiger partial charge in [0, 0.05) is 18.7 Å². The van der Waals surface area contributed by atoms with Gasteiger partial charge in [-0.3, -0.25) is 0 Å². The number of rotatable bonds is 6. The lowest BCUT2D eigenvalue weighted by molar-refractivity contribution is 0.0995. The molecule has 2 atom stereocenters. The number of hydrogen-bond acceptors (Lipinski definition) is 5. The Balaban J connectivity index is 2.11. The van der Waals surface area contributed by atoms with Crippen LogP contribution in [-0.4, -0.2) is 35.3 Å². The van der Waals surface area contributed by atoms with Crippen LogP contribution in [0, 0.1) is 13.8 Å². The molecule has 0 spiro atoms. The number of nitrogens with zero attached hydrogens (tertiary/aromatic N) is 2. The van der Waals surface area contributed by atoms with Crippen molar-refractivity contribution in [3.8, 4) is 0 Å². The lowest BCUT2D eigenvalue weighted by Gasteiger charge is -2.22. The fourth-order valence-corrected chi connectivity index (χ4v) is 2.49. The molecule has 0 saturated carbocycles. The second-order valence-corrected chi connectivity index (χ2v) is 5.50. The van der Waals surface area contributed by atoms with Gasteiger partial charge in [0.1, 0.15) is 17.5 Å². The summed E-state index contributed by atoms with van der Waals surface area (Å²) in [6.45, 7) is 10.1. The maximum Gasteiger partial charge on any atom is 0.135 e. The van der Waals surface area contributed by atoms with E-state index in [4.69, 9.17) is 4.74 Å². The van der Waals surface area contributed by atoms with Crippen molar-refractivity contribution >= 4 is 11.6 Å². The maximum absolute atomic E-state index is 5.73. The van der Waals surface area contributed by atoms with Crippen LogP contribution in [0.4, 0.5) is 11.6 Å². The van der Waals surface area contributed by atoms with Crippen LogP contribution < -0.4 is 10.6 Å². The molecule has 1 aliphatic heterocycles. The van der Waals surface area contributed by atoms with Gasteiger partial charge in [0.2, 0.25) is 0 Å². The summed E-state index contributed by atoms with van der Waals surface area (Å²) in [5, 5.41) is 6.86. The minimum Gasteiger partial charge on any atom is -0.376 e. The van der Waals surface area contributed by atoms with Crippen molar-refractivity contribution in [2.75, 3.05) is 23.8 Å². The topological polar surface area (TPSA) is 59.1 Å². The third kappa shape index (κ3) is 3.60. The Morgan fingerprint density at radius 2 is 2.05 bits per heavy atom. The van der Waals surface area contributed by atoms with Crippen molar-refractivity contribution in [1.82, 2.24) is 9.97 Å². The van der Waals surface area contributed by atoms with Gasteiger partial charge in [-0.2, -0.15) is 0 Å². The molecule has 1 saturated heterocycles. The van der Waals surface area contributed by atoms with Crippen molar-refractivity contribution < 1.29 is 4.74 Å². The molecular formula is C15H26N4O. The van der Waals surface area contributed by atoms with Crippen molar-refractivity contribution in [2.24, 2.45) is 0 Å². The van der Waals surface area contributed by atoms with E-state index in [9.17, 15) is 0 Å². The highest BCUT2D eigenvalue weighted by Crippen LogP contribution is 2.23. The first-order valence-electron chi connectivity index (χ1n) is 7.59. The Hall–Kier alpha value is -1.36. The summed E-state index contributed by atoms with van der Waals surface area (Å²) in [5.74, 6) is 2.64. The van der Waals surface area contributed by atoms with Gasteiger partial charge in [-0.25, -0.2) is 9.97 Å². The number of aromatic nitrogens is 2. The number of hydrogen-bond donors (Lipinski definition) is 2. The van der Waals surface area contributed by atoms with E-state index in [1.54, 1.807) is 0 Å². The summed E-state index contributed by atoms with van der Waals surface area (Å²) < 4.78 is 5.73. The molecule has 0 radical (unpaired) electrons. The van der Waals surface area contributed by atoms with E-state index in [0.29, 0.717) is 0 Å². The monoisotopic (exact) mass is 278 g/mol. The SMILES string of the molecule is CCCNc1nc(C)nc(NC(C)C2CCCO2)c1C. The molecule has 0 aliphatic carbocycles. The molecule has 5 nitrogen and oxygen atoms in total. The summed E-state index contributed by atoms with van der Waals surface area (Å²) in [6.07, 6.45) is 3.65. The maximum atomic E-state index is 5.73. The molecule has 1 aromatic heterocycles. The van der Waals surface area contributed by atoms with Crippen LogP contribution in [0.5, 0.6) is 0 Å². The largest absolute Gasteiger partial charge is 0.376 e. The highest BCUT2D eigenvalue weighted by molar-refractivity contribution is 5.57. The third-order valence-corrected chi connectivity index (χ3v) is 3.69. The molecular weight excluding hydrogens is 252 g/mol. The molecule has 5 heteroatoms. The van der Waals surface area contributed by atoms with E-state index in [1.165, 1.54) is 0 Å². The zero-order valence-electron chi connectivity index (χ0n) is 13.0. The Kier molecular flexibility index (Phi) is 5.17. The summed E-state index contributed by atoms with van der Waals surface area (Å²) in [6, 6.07) is 0.268. The molecule has 1 aliphatic rings. The van der Waals surface area contributed by atoms with E-state index < -0.39 is 0 Å². The normalized spacial score (nSPS) is 19.9. The lowest BCUT2D eigenvalue weighted by atomic mass is 10.1. The average Bonchev–Trinajstić information content (AvgIpc) is 2.95. The summed E-state index contributed by atoms with van der Waals surface area (Å²) in [7, 11) is 0. The van der Waals surface area contributed by atoms with Gasteiger partial charge in [0.05, 0.1) is 12.1 Å². The molecule has 0 aromatic carbocycles. The number of aryl methyl sites for hydroxylation is 1. The van der Waals surface area contributed by atoms with Crippen LogP contribution in [0.25, 0.3) is 0 Å². The van der Waals surface area contributed by atoms with Crippen molar-refractivity contribution in [2.45, 2.75) is 59.1 Å². The third-order valence-electron chi connectivity index (χ3n) is 3.69. The van der Waals surface area contributed by atoms with Crippen LogP contribution in [0.2, 0.25) is 0 Å². The quantitative estimate of drug-likeness (QED) is 0.838. The van der Waals surface area contributed by atoms with Gasteiger partial charge in [0.25, 0.3) is 0 Å². The predicted molar refractivity (Wildman–Crippen MR) is 82.3 cm³/mol. The molecule has 2 unspecified atom stereocenters. The van der Waals surface area contributed by atoms with Gasteiger partial charge in [-0.15, -0.1) is 0 Å². The Bertz CT molecular complexity index is 444. The van der Waals surface area contributed by atoms with E-state index in [2.05, 4.69) is 41.4 Å². The van der Waals surface area contributed by atoms with E-state index in [1.807, 2.05) is 6.92 Å². The van der Waals surface area contributed by atoms with Crippen molar-refractivity contribution in [3.05, 3.63) is 11.4 Å². The first kappa shape index (κ1) is 15.0.